The van der Waals surface area contributed by atoms with Crippen LogP contribution < -0.4 is 0 Å². The molecule has 4 aromatic rings. The fourth-order valence-corrected chi connectivity index (χ4v) is 3.73. The van der Waals surface area contributed by atoms with Crippen molar-refractivity contribution in [3.63, 3.8) is 0 Å². The Morgan fingerprint density at radius 3 is 2.74 bits per heavy atom. The monoisotopic (exact) mass is 324 g/mol. The number of hydrogen-bond donors (Lipinski definition) is 0. The van der Waals surface area contributed by atoms with Gasteiger partial charge in [0.1, 0.15) is 10.8 Å². The predicted molar refractivity (Wildman–Crippen MR) is 89.2 cm³/mol. The molecule has 0 unspecified atom stereocenters. The molecular weight excluding hydrogens is 315 g/mol. The number of thiazole rings is 1. The number of halogens is 1. The summed E-state index contributed by atoms with van der Waals surface area (Å²) in [7, 11) is 0. The average molecular weight is 324 g/mol. The van der Waals surface area contributed by atoms with E-state index in [2.05, 4.69) is 4.98 Å². The van der Waals surface area contributed by atoms with Crippen molar-refractivity contribution in [2.24, 2.45) is 0 Å². The first-order valence-corrected chi connectivity index (χ1v) is 7.68. The number of rotatable bonds is 2. The normalized spacial score (nSPS) is 11.2. The summed E-state index contributed by atoms with van der Waals surface area (Å²) in [5.41, 5.74) is 0.817. The molecule has 0 saturated heterocycles. The van der Waals surface area contributed by atoms with E-state index < -0.39 is 10.7 Å². The lowest BCUT2D eigenvalue weighted by Gasteiger charge is -1.99. The lowest BCUT2D eigenvalue weighted by atomic mass is 10.1. The van der Waals surface area contributed by atoms with Crippen LogP contribution in [0.15, 0.2) is 54.6 Å². The van der Waals surface area contributed by atoms with Gasteiger partial charge in [0.2, 0.25) is 0 Å². The van der Waals surface area contributed by atoms with E-state index in [1.54, 1.807) is 0 Å². The van der Waals surface area contributed by atoms with Gasteiger partial charge in [-0.2, -0.15) is 0 Å². The molecule has 0 aliphatic rings. The second kappa shape index (κ2) is 5.10. The summed E-state index contributed by atoms with van der Waals surface area (Å²) >= 11 is 1.34. The van der Waals surface area contributed by atoms with Crippen LogP contribution >= 0.6 is 11.3 Å². The Balaban J connectivity index is 2.02. The van der Waals surface area contributed by atoms with Gasteiger partial charge in [0.05, 0.1) is 20.7 Å². The lowest BCUT2D eigenvalue weighted by molar-refractivity contribution is -0.384. The Kier molecular flexibility index (Phi) is 3.06. The number of fused-ring (bicyclic) bond motifs is 3. The van der Waals surface area contributed by atoms with Crippen LogP contribution in [0.1, 0.15) is 0 Å². The fourth-order valence-electron chi connectivity index (χ4n) is 2.61. The Bertz CT molecular complexity index is 1070. The topological polar surface area (TPSA) is 56.0 Å². The van der Waals surface area contributed by atoms with Gasteiger partial charge in [0.25, 0.3) is 5.69 Å². The molecule has 0 N–H and O–H groups in total. The lowest BCUT2D eigenvalue weighted by Crippen LogP contribution is -1.92. The van der Waals surface area contributed by atoms with Crippen LogP contribution in [0.2, 0.25) is 0 Å². The molecule has 0 spiro atoms. The number of aromatic nitrogens is 1. The molecule has 0 atom stereocenters. The second-order valence-corrected chi connectivity index (χ2v) is 6.07. The van der Waals surface area contributed by atoms with Crippen molar-refractivity contribution in [2.45, 2.75) is 0 Å². The van der Waals surface area contributed by atoms with Crippen molar-refractivity contribution >= 4 is 38.0 Å². The van der Waals surface area contributed by atoms with E-state index in [1.165, 1.54) is 17.4 Å². The van der Waals surface area contributed by atoms with Gasteiger partial charge in [-0.3, -0.25) is 10.1 Å². The van der Waals surface area contributed by atoms with Gasteiger partial charge < -0.3 is 0 Å². The van der Waals surface area contributed by atoms with E-state index in [0.717, 1.165) is 33.1 Å². The van der Waals surface area contributed by atoms with Crippen LogP contribution in [0, 0.1) is 15.9 Å². The maximum atomic E-state index is 13.6. The smallest absolute Gasteiger partial charge is 0.258 e. The third-order valence-corrected chi connectivity index (χ3v) is 4.80. The van der Waals surface area contributed by atoms with E-state index in [9.17, 15) is 14.5 Å². The summed E-state index contributed by atoms with van der Waals surface area (Å²) < 4.78 is 14.5. The van der Waals surface area contributed by atoms with Gasteiger partial charge >= 0.3 is 0 Å². The molecule has 112 valence electrons. The largest absolute Gasteiger partial charge is 0.279 e. The summed E-state index contributed by atoms with van der Waals surface area (Å²) in [6.07, 6.45) is 0. The predicted octanol–water partition coefficient (Wildman–Crippen LogP) is 5.16. The average Bonchev–Trinajstić information content (AvgIpc) is 2.99. The molecule has 1 heterocycles. The summed E-state index contributed by atoms with van der Waals surface area (Å²) in [4.78, 5) is 15.1. The van der Waals surface area contributed by atoms with E-state index in [0.29, 0.717) is 5.01 Å². The number of benzene rings is 3. The van der Waals surface area contributed by atoms with Crippen molar-refractivity contribution in [1.82, 2.24) is 4.98 Å². The number of hydrogen-bond acceptors (Lipinski definition) is 4. The van der Waals surface area contributed by atoms with Crippen molar-refractivity contribution < 1.29 is 9.31 Å². The zero-order chi connectivity index (χ0) is 16.0. The number of nitrogens with zero attached hydrogens (tertiary/aromatic N) is 2. The second-order valence-electron chi connectivity index (χ2n) is 5.07. The van der Waals surface area contributed by atoms with Gasteiger partial charge in [0.15, 0.2) is 0 Å². The molecule has 23 heavy (non-hydrogen) atoms. The highest BCUT2D eigenvalue weighted by Gasteiger charge is 2.20. The molecule has 0 aliphatic carbocycles. The van der Waals surface area contributed by atoms with Crippen LogP contribution in [-0.2, 0) is 0 Å². The summed E-state index contributed by atoms with van der Waals surface area (Å²) in [6, 6.07) is 15.1. The zero-order valence-corrected chi connectivity index (χ0v) is 12.5. The number of nitro groups is 1. The minimum Gasteiger partial charge on any atom is -0.258 e. The Hall–Kier alpha value is -2.86. The van der Waals surface area contributed by atoms with Crippen LogP contribution in [0.4, 0.5) is 10.1 Å². The molecular formula is C17H9FN2O2S. The Morgan fingerprint density at radius 1 is 1.09 bits per heavy atom. The highest BCUT2D eigenvalue weighted by Crippen LogP contribution is 2.38. The van der Waals surface area contributed by atoms with Crippen molar-refractivity contribution in [2.75, 3.05) is 0 Å². The molecule has 4 nitrogen and oxygen atoms in total. The van der Waals surface area contributed by atoms with Crippen molar-refractivity contribution in [3.05, 3.63) is 70.5 Å². The van der Waals surface area contributed by atoms with Crippen LogP contribution in [0.5, 0.6) is 0 Å². The van der Waals surface area contributed by atoms with Crippen molar-refractivity contribution in [3.8, 4) is 10.6 Å². The van der Waals surface area contributed by atoms with Gasteiger partial charge in [-0.25, -0.2) is 9.37 Å². The summed E-state index contributed by atoms with van der Waals surface area (Å²) in [6.45, 7) is 0. The van der Waals surface area contributed by atoms with E-state index in [1.807, 2.05) is 36.4 Å². The molecule has 0 radical (unpaired) electrons. The molecule has 1 aromatic heterocycles. The van der Waals surface area contributed by atoms with Gasteiger partial charge in [-0.15, -0.1) is 11.3 Å². The van der Waals surface area contributed by atoms with Crippen LogP contribution in [0.25, 0.3) is 31.6 Å². The molecule has 3 aromatic carbocycles. The first-order valence-electron chi connectivity index (χ1n) is 6.86. The molecule has 0 bridgehead atoms. The van der Waals surface area contributed by atoms with Crippen molar-refractivity contribution in [1.29, 1.82) is 0 Å². The highest BCUT2D eigenvalue weighted by molar-refractivity contribution is 7.22. The Morgan fingerprint density at radius 2 is 1.91 bits per heavy atom. The highest BCUT2D eigenvalue weighted by atomic mass is 32.1. The third-order valence-electron chi connectivity index (χ3n) is 3.67. The molecule has 4 rings (SSSR count). The van der Waals surface area contributed by atoms with E-state index in [4.69, 9.17) is 0 Å². The Labute approximate surface area is 134 Å². The number of nitro benzene ring substituents is 1. The van der Waals surface area contributed by atoms with Crippen LogP contribution in [0.3, 0.4) is 0 Å². The minimum atomic E-state index is -0.519. The van der Waals surface area contributed by atoms with E-state index >= 15 is 0 Å². The zero-order valence-electron chi connectivity index (χ0n) is 11.7. The maximum absolute atomic E-state index is 13.6. The van der Waals surface area contributed by atoms with Gasteiger partial charge in [0, 0.05) is 11.5 Å². The minimum absolute atomic E-state index is 0.144. The van der Waals surface area contributed by atoms with E-state index in [-0.39, 0.29) is 11.3 Å². The van der Waals surface area contributed by atoms with Crippen LogP contribution in [-0.4, -0.2) is 9.91 Å². The quantitative estimate of drug-likeness (QED) is 0.378. The molecule has 6 heteroatoms. The maximum Gasteiger partial charge on any atom is 0.279 e. The first-order chi connectivity index (χ1) is 11.1. The molecule has 0 saturated carbocycles. The standard InChI is InChI=1S/C17H9FN2O2S/c18-11-6-8-15(20(21)22)13(9-11)17-19-14-7-5-10-3-1-2-4-12(10)16(14)23-17/h1-9H. The summed E-state index contributed by atoms with van der Waals surface area (Å²) in [5.74, 6) is -0.519. The molecule has 0 amide bonds. The fraction of sp³-hybridized carbons (Fsp3) is 0. The van der Waals surface area contributed by atoms with Gasteiger partial charge in [-0.05, 0) is 23.6 Å². The van der Waals surface area contributed by atoms with Gasteiger partial charge in [-0.1, -0.05) is 30.3 Å². The molecule has 0 fully saturated rings. The summed E-state index contributed by atoms with van der Waals surface area (Å²) in [5, 5.41) is 13.7. The SMILES string of the molecule is O=[N+]([O-])c1ccc(F)cc1-c1nc2ccc3ccccc3c2s1. The molecule has 0 aliphatic heterocycles. The first kappa shape index (κ1) is 13.8. The third kappa shape index (κ3) is 2.24.